The largest absolute Gasteiger partial charge is 0.480 e. The molecule has 7 nitrogen and oxygen atoms in total. The van der Waals surface area contributed by atoms with E-state index in [4.69, 9.17) is 21.6 Å². The van der Waals surface area contributed by atoms with Crippen molar-refractivity contribution in [3.8, 4) is 23.1 Å². The zero-order valence-corrected chi connectivity index (χ0v) is 21.3. The molecule has 5 aromatic rings. The van der Waals surface area contributed by atoms with E-state index in [1.54, 1.807) is 54.1 Å². The van der Waals surface area contributed by atoms with Gasteiger partial charge in [-0.1, -0.05) is 35.9 Å². The second kappa shape index (κ2) is 9.69. The molecule has 0 aliphatic rings. The number of methoxy groups -OCH3 is 1. The van der Waals surface area contributed by atoms with Gasteiger partial charge in [-0.05, 0) is 41.5 Å². The quantitative estimate of drug-likeness (QED) is 0.295. The van der Waals surface area contributed by atoms with E-state index in [1.165, 1.54) is 25.7 Å². The Labute approximate surface area is 225 Å². The predicted octanol–water partition coefficient (Wildman–Crippen LogP) is 5.87. The van der Waals surface area contributed by atoms with E-state index < -0.39 is 17.5 Å². The van der Waals surface area contributed by atoms with E-state index in [0.717, 1.165) is 12.3 Å². The van der Waals surface area contributed by atoms with Crippen molar-refractivity contribution in [2.45, 2.75) is 11.8 Å². The van der Waals surface area contributed by atoms with Crippen molar-refractivity contribution in [2.75, 3.05) is 7.11 Å². The summed E-state index contributed by atoms with van der Waals surface area (Å²) < 4.78 is 46.6. The Hall–Kier alpha value is -4.46. The van der Waals surface area contributed by atoms with Crippen molar-refractivity contribution in [3.05, 3.63) is 106 Å². The summed E-state index contributed by atoms with van der Waals surface area (Å²) in [4.78, 5) is 12.2. The van der Waals surface area contributed by atoms with Crippen molar-refractivity contribution in [2.24, 2.45) is 7.05 Å². The smallest absolute Gasteiger partial charge is 0.433 e. The molecule has 0 amide bonds. The third-order valence-corrected chi connectivity index (χ3v) is 6.85. The standard InChI is InChI=1S/C28H19ClF3N5O2/c1-37-15-34-14-23(37)27(38,19-8-10-22(35-13-19)28(30,31)32)18-7-9-21-20(11-18)25(29)24(26(36-21)39-2)17-5-3-16(12-33)4-6-17/h3-11,13-15,38H,1-2H3. The Kier molecular flexibility index (Phi) is 6.50. The van der Waals surface area contributed by atoms with Gasteiger partial charge in [0.05, 0.1) is 53.1 Å². The average Bonchev–Trinajstić information content (AvgIpc) is 3.38. The molecule has 1 N–H and O–H groups in total. The monoisotopic (exact) mass is 549 g/mol. The fraction of sp³-hybridized carbons (Fsp3) is 0.143. The Morgan fingerprint density at radius 1 is 1.03 bits per heavy atom. The van der Waals surface area contributed by atoms with Crippen LogP contribution in [0.2, 0.25) is 5.02 Å². The number of nitrogens with zero attached hydrogens (tertiary/aromatic N) is 5. The van der Waals surface area contributed by atoms with Crippen molar-refractivity contribution < 1.29 is 23.0 Å². The maximum absolute atomic E-state index is 13.2. The number of nitriles is 1. The summed E-state index contributed by atoms with van der Waals surface area (Å²) >= 11 is 6.91. The molecule has 39 heavy (non-hydrogen) atoms. The van der Waals surface area contributed by atoms with Crippen molar-refractivity contribution in [1.82, 2.24) is 19.5 Å². The van der Waals surface area contributed by atoms with Crippen LogP contribution in [-0.4, -0.2) is 31.7 Å². The SMILES string of the molecule is COc1nc2ccc(C(O)(c3ccc(C(F)(F)F)nc3)c3cncn3C)cc2c(Cl)c1-c1ccc(C#N)cc1. The van der Waals surface area contributed by atoms with Gasteiger partial charge in [-0.25, -0.2) is 9.97 Å². The van der Waals surface area contributed by atoms with Gasteiger partial charge >= 0.3 is 6.18 Å². The lowest BCUT2D eigenvalue weighted by atomic mass is 9.83. The van der Waals surface area contributed by atoms with Crippen LogP contribution >= 0.6 is 11.6 Å². The molecule has 0 aliphatic carbocycles. The number of imidazole rings is 1. The summed E-state index contributed by atoms with van der Waals surface area (Å²) in [6.07, 6.45) is -0.735. The van der Waals surface area contributed by atoms with Crippen LogP contribution in [0.5, 0.6) is 5.88 Å². The molecule has 0 aliphatic heterocycles. The van der Waals surface area contributed by atoms with Crippen molar-refractivity contribution >= 4 is 22.5 Å². The number of aromatic nitrogens is 4. The van der Waals surface area contributed by atoms with Gasteiger partial charge in [-0.15, -0.1) is 0 Å². The molecule has 0 saturated carbocycles. The van der Waals surface area contributed by atoms with Gasteiger partial charge in [0.1, 0.15) is 5.69 Å². The number of rotatable bonds is 5. The molecule has 2 aromatic carbocycles. The molecule has 0 spiro atoms. The van der Waals surface area contributed by atoms with Gasteiger partial charge in [-0.2, -0.15) is 18.4 Å². The number of aryl methyl sites for hydroxylation is 1. The van der Waals surface area contributed by atoms with Gasteiger partial charge in [0, 0.05) is 24.2 Å². The third-order valence-electron chi connectivity index (χ3n) is 6.46. The van der Waals surface area contributed by atoms with Gasteiger partial charge < -0.3 is 14.4 Å². The first-order chi connectivity index (χ1) is 18.6. The van der Waals surface area contributed by atoms with E-state index >= 15 is 0 Å². The number of fused-ring (bicyclic) bond motifs is 1. The minimum absolute atomic E-state index is 0.100. The first kappa shape index (κ1) is 26.2. The number of halogens is 4. The average molecular weight is 550 g/mol. The summed E-state index contributed by atoms with van der Waals surface area (Å²) in [7, 11) is 3.12. The highest BCUT2D eigenvalue weighted by Gasteiger charge is 2.39. The van der Waals surface area contributed by atoms with Crippen LogP contribution in [0, 0.1) is 11.3 Å². The molecule has 1 atom stereocenters. The topological polar surface area (TPSA) is 96.8 Å². The van der Waals surface area contributed by atoms with Gasteiger partial charge in [0.15, 0.2) is 5.60 Å². The first-order valence-corrected chi connectivity index (χ1v) is 11.9. The van der Waals surface area contributed by atoms with Crippen LogP contribution in [0.1, 0.15) is 28.1 Å². The molecule has 0 fully saturated rings. The fourth-order valence-corrected chi connectivity index (χ4v) is 4.82. The highest BCUT2D eigenvalue weighted by molar-refractivity contribution is 6.38. The zero-order valence-electron chi connectivity index (χ0n) is 20.5. The molecule has 196 valence electrons. The third kappa shape index (κ3) is 4.46. The fourth-order valence-electron chi connectivity index (χ4n) is 4.48. The van der Waals surface area contributed by atoms with Crippen LogP contribution in [0.4, 0.5) is 13.2 Å². The maximum Gasteiger partial charge on any atom is 0.433 e. The number of aliphatic hydroxyl groups is 1. The van der Waals surface area contributed by atoms with Gasteiger partial charge in [0.25, 0.3) is 0 Å². The summed E-state index contributed by atoms with van der Waals surface area (Å²) in [5.41, 5.74) is -0.237. The van der Waals surface area contributed by atoms with E-state index in [1.807, 2.05) is 0 Å². The summed E-state index contributed by atoms with van der Waals surface area (Å²) in [6.45, 7) is 0. The van der Waals surface area contributed by atoms with E-state index in [9.17, 15) is 18.3 Å². The molecule has 3 heterocycles. The highest BCUT2D eigenvalue weighted by atomic mass is 35.5. The maximum atomic E-state index is 13.2. The molecule has 5 rings (SSSR count). The predicted molar refractivity (Wildman–Crippen MR) is 138 cm³/mol. The molecule has 0 radical (unpaired) electrons. The lowest BCUT2D eigenvalue weighted by Crippen LogP contribution is -2.31. The molecule has 3 aromatic heterocycles. The van der Waals surface area contributed by atoms with E-state index in [2.05, 4.69) is 21.0 Å². The minimum Gasteiger partial charge on any atom is -0.480 e. The molecule has 11 heteroatoms. The Morgan fingerprint density at radius 2 is 1.74 bits per heavy atom. The van der Waals surface area contributed by atoms with Crippen molar-refractivity contribution in [3.63, 3.8) is 0 Å². The normalized spacial score (nSPS) is 13.2. The zero-order chi connectivity index (χ0) is 27.9. The lowest BCUT2D eigenvalue weighted by Gasteiger charge is -2.30. The number of hydrogen-bond donors (Lipinski definition) is 1. The van der Waals surface area contributed by atoms with E-state index in [-0.39, 0.29) is 16.5 Å². The Bertz CT molecular complexity index is 1730. The lowest BCUT2D eigenvalue weighted by molar-refractivity contribution is -0.141. The molecule has 1 unspecified atom stereocenters. The Balaban J connectivity index is 1.74. The van der Waals surface area contributed by atoms with Crippen LogP contribution in [0.15, 0.2) is 73.3 Å². The number of pyridine rings is 2. The second-order valence-corrected chi connectivity index (χ2v) is 9.14. The van der Waals surface area contributed by atoms with Crippen LogP contribution in [0.3, 0.4) is 0 Å². The summed E-state index contributed by atoms with van der Waals surface area (Å²) in [5, 5.41) is 22.1. The van der Waals surface area contributed by atoms with Gasteiger partial charge in [-0.3, -0.25) is 4.98 Å². The Morgan fingerprint density at radius 3 is 2.31 bits per heavy atom. The minimum atomic E-state index is -4.63. The van der Waals surface area contributed by atoms with Gasteiger partial charge in [0.2, 0.25) is 5.88 Å². The molecule has 0 bridgehead atoms. The van der Waals surface area contributed by atoms with Crippen molar-refractivity contribution in [1.29, 1.82) is 5.26 Å². The molecular weight excluding hydrogens is 531 g/mol. The molecular formula is C28H19ClF3N5O2. The highest BCUT2D eigenvalue weighted by Crippen LogP contribution is 2.43. The first-order valence-electron chi connectivity index (χ1n) is 11.5. The second-order valence-electron chi connectivity index (χ2n) is 8.76. The van der Waals surface area contributed by atoms with Crippen LogP contribution in [-0.2, 0) is 18.8 Å². The summed E-state index contributed by atoms with van der Waals surface area (Å²) in [5.74, 6) is 0.263. The summed E-state index contributed by atoms with van der Waals surface area (Å²) in [6, 6.07) is 15.7. The van der Waals surface area contributed by atoms with Crippen LogP contribution in [0.25, 0.3) is 22.0 Å². The number of ether oxygens (including phenoxy) is 1. The van der Waals surface area contributed by atoms with Crippen LogP contribution < -0.4 is 4.74 Å². The molecule has 0 saturated heterocycles. The number of hydrogen-bond acceptors (Lipinski definition) is 6. The number of alkyl halides is 3. The van der Waals surface area contributed by atoms with E-state index in [0.29, 0.717) is 38.9 Å². The number of benzene rings is 2.